The molecule has 0 radical (unpaired) electrons. The summed E-state index contributed by atoms with van der Waals surface area (Å²) in [5.41, 5.74) is 6.65. The summed E-state index contributed by atoms with van der Waals surface area (Å²) in [6.07, 6.45) is 0.888. The van der Waals surface area contributed by atoms with Gasteiger partial charge in [0.15, 0.2) is 0 Å². The third kappa shape index (κ3) is 4.12. The topological polar surface area (TPSA) is 52.0 Å². The van der Waals surface area contributed by atoms with E-state index >= 15 is 0 Å². The third-order valence-corrected chi connectivity index (χ3v) is 6.15. The molecule has 6 nitrogen and oxygen atoms in total. The summed E-state index contributed by atoms with van der Waals surface area (Å²) in [4.78, 5) is 9.37. The Kier molecular flexibility index (Phi) is 5.54. The van der Waals surface area contributed by atoms with E-state index in [1.54, 1.807) is 14.0 Å². The maximum atomic E-state index is 14.0. The number of fused-ring (bicyclic) bond motifs is 1. The van der Waals surface area contributed by atoms with Crippen molar-refractivity contribution in [2.45, 2.75) is 20.3 Å². The molecule has 0 bridgehead atoms. The van der Waals surface area contributed by atoms with Gasteiger partial charge in [0.05, 0.1) is 56.5 Å². The van der Waals surface area contributed by atoms with Crippen LogP contribution in [0.2, 0.25) is 0 Å². The van der Waals surface area contributed by atoms with Gasteiger partial charge in [0.1, 0.15) is 18.1 Å². The molecule has 1 N–H and O–H groups in total. The third-order valence-electron chi connectivity index (χ3n) is 6.15. The first kappa shape index (κ1) is 22.0. The highest BCUT2D eigenvalue weighted by Gasteiger charge is 2.29. The van der Waals surface area contributed by atoms with E-state index < -0.39 is 0 Å². The van der Waals surface area contributed by atoms with Crippen LogP contribution >= 0.6 is 0 Å². The number of methoxy groups -OCH3 is 1. The molecule has 0 amide bonds. The Morgan fingerprint density at radius 1 is 1.19 bits per heavy atom. The molecule has 1 aromatic carbocycles. The van der Waals surface area contributed by atoms with Crippen molar-refractivity contribution in [2.24, 2.45) is 7.05 Å². The monoisotopic (exact) mass is 436 g/mol. The summed E-state index contributed by atoms with van der Waals surface area (Å²) < 4.78 is 22.5. The van der Waals surface area contributed by atoms with Gasteiger partial charge >= 0.3 is 0 Å². The fraction of sp³-hybridized carbons (Fsp3) is 0.360. The first-order valence-electron chi connectivity index (χ1n) is 10.7. The maximum absolute atomic E-state index is 14.0. The largest absolute Gasteiger partial charge is 0.500 e. The summed E-state index contributed by atoms with van der Waals surface area (Å²) >= 11 is 0. The molecular formula is C25H31FN5O+. The van der Waals surface area contributed by atoms with Crippen molar-refractivity contribution in [3.05, 3.63) is 64.9 Å². The highest BCUT2D eigenvalue weighted by Crippen LogP contribution is 2.30. The minimum atomic E-state index is -0.258. The van der Waals surface area contributed by atoms with E-state index in [9.17, 15) is 4.39 Å². The lowest BCUT2D eigenvalue weighted by Gasteiger charge is -2.35. The van der Waals surface area contributed by atoms with Gasteiger partial charge in [0.2, 0.25) is 5.95 Å². The molecule has 0 spiro atoms. The Labute approximate surface area is 188 Å². The molecule has 1 aliphatic rings. The number of aromatic nitrogens is 3. The molecular weight excluding hydrogens is 405 g/mol. The molecule has 168 valence electrons. The Balaban J connectivity index is 1.69. The number of anilines is 1. The van der Waals surface area contributed by atoms with Gasteiger partial charge in [-0.05, 0) is 37.6 Å². The van der Waals surface area contributed by atoms with Crippen molar-refractivity contribution in [1.82, 2.24) is 14.5 Å². The van der Waals surface area contributed by atoms with E-state index in [0.717, 1.165) is 57.8 Å². The molecule has 2 aromatic heterocycles. The van der Waals surface area contributed by atoms with Crippen molar-refractivity contribution < 1.29 is 13.6 Å². The molecule has 0 atom stereocenters. The molecule has 0 aliphatic carbocycles. The smallest absolute Gasteiger partial charge is 0.208 e. The van der Waals surface area contributed by atoms with Crippen LogP contribution in [0.1, 0.15) is 28.9 Å². The molecule has 0 saturated carbocycles. The summed E-state index contributed by atoms with van der Waals surface area (Å²) in [7, 11) is 8.08. The lowest BCUT2D eigenvalue weighted by atomic mass is 10.00. The number of benzene rings is 1. The SMILES string of the molecule is C=C(Nc1nc2cc(F)c(C)cc2n1C)c1cc(C)nc(C2=C(OC)CC[N+](C)(C)C2)c1. The van der Waals surface area contributed by atoms with Crippen LogP contribution in [0.3, 0.4) is 0 Å². The average molecular weight is 437 g/mol. The Morgan fingerprint density at radius 2 is 1.94 bits per heavy atom. The standard InChI is InChI=1S/C25H31FN5O/c1-15-10-23-22(13-20(15)26)29-25(30(23)4)28-17(3)18-11-16(2)27-21(12-18)19-14-31(5,6)9-8-24(19)32-7/h10-13H,3,8-9,14H2,1-2,4-7H3,(H,28,29)/q+1. The van der Waals surface area contributed by atoms with Crippen LogP contribution in [0, 0.1) is 19.7 Å². The van der Waals surface area contributed by atoms with Crippen LogP contribution in [0.4, 0.5) is 10.3 Å². The number of quaternary nitrogens is 1. The maximum Gasteiger partial charge on any atom is 0.208 e. The number of halogens is 1. The second kappa shape index (κ2) is 8.06. The van der Waals surface area contributed by atoms with E-state index in [-0.39, 0.29) is 5.82 Å². The van der Waals surface area contributed by atoms with E-state index in [1.165, 1.54) is 6.07 Å². The molecule has 0 saturated heterocycles. The van der Waals surface area contributed by atoms with E-state index in [2.05, 4.69) is 37.0 Å². The Bertz CT molecular complexity index is 1250. The predicted molar refractivity (Wildman–Crippen MR) is 127 cm³/mol. The van der Waals surface area contributed by atoms with Crippen LogP contribution in [-0.4, -0.2) is 53.3 Å². The Hall–Kier alpha value is -3.19. The number of pyridine rings is 1. The zero-order chi connectivity index (χ0) is 23.2. The van der Waals surface area contributed by atoms with Crippen LogP contribution in [0.5, 0.6) is 0 Å². The lowest BCUT2D eigenvalue weighted by Crippen LogP contribution is -2.44. The fourth-order valence-electron chi connectivity index (χ4n) is 4.23. The number of hydrogen-bond acceptors (Lipinski definition) is 4. The van der Waals surface area contributed by atoms with Gasteiger partial charge in [-0.15, -0.1) is 0 Å². The minimum absolute atomic E-state index is 0.258. The van der Waals surface area contributed by atoms with Gasteiger partial charge in [-0.2, -0.15) is 0 Å². The normalized spacial score (nSPS) is 15.8. The average Bonchev–Trinajstić information content (AvgIpc) is 3.02. The predicted octanol–water partition coefficient (Wildman–Crippen LogP) is 4.64. The van der Waals surface area contributed by atoms with Gasteiger partial charge in [-0.1, -0.05) is 6.58 Å². The molecule has 7 heteroatoms. The highest BCUT2D eigenvalue weighted by molar-refractivity contribution is 5.83. The second-order valence-electron chi connectivity index (χ2n) is 9.24. The van der Waals surface area contributed by atoms with Gasteiger partial charge in [-0.25, -0.2) is 9.37 Å². The van der Waals surface area contributed by atoms with Crippen LogP contribution < -0.4 is 5.32 Å². The number of ether oxygens (including phenoxy) is 1. The van der Waals surface area contributed by atoms with Crippen LogP contribution in [-0.2, 0) is 11.8 Å². The highest BCUT2D eigenvalue weighted by atomic mass is 19.1. The molecule has 0 fully saturated rings. The summed E-state index contributed by atoms with van der Waals surface area (Å²) in [5.74, 6) is 1.35. The molecule has 32 heavy (non-hydrogen) atoms. The van der Waals surface area contributed by atoms with Gasteiger partial charge in [0.25, 0.3) is 0 Å². The lowest BCUT2D eigenvalue weighted by molar-refractivity contribution is -0.884. The van der Waals surface area contributed by atoms with Crippen molar-refractivity contribution >= 4 is 28.3 Å². The minimum Gasteiger partial charge on any atom is -0.500 e. The van der Waals surface area contributed by atoms with Crippen LogP contribution in [0.25, 0.3) is 22.3 Å². The van der Waals surface area contributed by atoms with Gasteiger partial charge < -0.3 is 19.1 Å². The second-order valence-corrected chi connectivity index (χ2v) is 9.24. The number of nitrogens with one attached hydrogen (secondary N) is 1. The Morgan fingerprint density at radius 3 is 2.66 bits per heavy atom. The first-order valence-corrected chi connectivity index (χ1v) is 10.7. The van der Waals surface area contributed by atoms with Crippen molar-refractivity contribution in [1.29, 1.82) is 0 Å². The van der Waals surface area contributed by atoms with Gasteiger partial charge in [-0.3, -0.25) is 4.98 Å². The first-order chi connectivity index (χ1) is 15.1. The zero-order valence-electron chi connectivity index (χ0n) is 19.7. The van der Waals surface area contributed by atoms with Crippen molar-refractivity contribution in [3.8, 4) is 0 Å². The quantitative estimate of drug-likeness (QED) is 0.592. The number of rotatable bonds is 5. The van der Waals surface area contributed by atoms with Crippen LogP contribution in [0.15, 0.2) is 36.6 Å². The van der Waals surface area contributed by atoms with E-state index in [4.69, 9.17) is 9.72 Å². The molecule has 1 aliphatic heterocycles. The summed E-state index contributed by atoms with van der Waals surface area (Å²) in [6.45, 7) is 9.87. The molecule has 0 unspecified atom stereocenters. The fourth-order valence-corrected chi connectivity index (χ4v) is 4.23. The summed E-state index contributed by atoms with van der Waals surface area (Å²) in [5, 5.41) is 3.31. The summed E-state index contributed by atoms with van der Waals surface area (Å²) in [6, 6.07) is 7.33. The molecule has 3 heterocycles. The number of imidazole rings is 1. The molecule has 3 aromatic rings. The van der Waals surface area contributed by atoms with Crippen molar-refractivity contribution in [3.63, 3.8) is 0 Å². The van der Waals surface area contributed by atoms with E-state index in [0.29, 0.717) is 22.7 Å². The number of hydrogen-bond donors (Lipinski definition) is 1. The molecule has 4 rings (SSSR count). The number of likely N-dealkylation sites (N-methyl/N-ethyl adjacent to an activating group) is 1. The van der Waals surface area contributed by atoms with Gasteiger partial charge in [0, 0.05) is 30.1 Å². The number of aryl methyl sites for hydroxylation is 3. The number of nitrogens with zero attached hydrogens (tertiary/aromatic N) is 4. The zero-order valence-corrected chi connectivity index (χ0v) is 19.7. The van der Waals surface area contributed by atoms with E-state index in [1.807, 2.05) is 30.7 Å². The van der Waals surface area contributed by atoms with Crippen molar-refractivity contribution in [2.75, 3.05) is 39.6 Å².